The van der Waals surface area contributed by atoms with Crippen LogP contribution < -0.4 is 9.47 Å². The van der Waals surface area contributed by atoms with Crippen LogP contribution in [0.4, 0.5) is 0 Å². The summed E-state index contributed by atoms with van der Waals surface area (Å²) in [4.78, 5) is 22.5. The molecule has 0 atom stereocenters. The van der Waals surface area contributed by atoms with Crippen molar-refractivity contribution in [2.24, 2.45) is 0 Å². The summed E-state index contributed by atoms with van der Waals surface area (Å²) in [6.45, 7) is 4.62. The predicted octanol–water partition coefficient (Wildman–Crippen LogP) is 7.59. The number of carboxylic acids is 2. The Balaban J connectivity index is 1.37. The molecule has 0 aliphatic heterocycles. The average molecular weight is 588 g/mol. The second kappa shape index (κ2) is 14.4. The minimum absolute atomic E-state index is 0.0688. The second-order valence-corrected chi connectivity index (χ2v) is 10.5. The molecule has 0 amide bonds. The first kappa shape index (κ1) is 30.5. The average Bonchev–Trinajstić information content (AvgIpc) is 3.28. The zero-order chi connectivity index (χ0) is 30.1. The molecule has 0 saturated heterocycles. The maximum atomic E-state index is 11.5. The Labute approximate surface area is 250 Å². The number of aromatic nitrogens is 1. The van der Waals surface area contributed by atoms with Crippen LogP contribution in [0.5, 0.6) is 11.5 Å². The Morgan fingerprint density at radius 1 is 0.905 bits per heavy atom. The summed E-state index contributed by atoms with van der Waals surface area (Å²) in [5, 5.41) is 20.1. The highest BCUT2D eigenvalue weighted by molar-refractivity contribution is 6.30. The highest BCUT2D eigenvalue weighted by Crippen LogP contribution is 2.29. The summed E-state index contributed by atoms with van der Waals surface area (Å²) in [6.07, 6.45) is 10.7. The predicted molar refractivity (Wildman–Crippen MR) is 167 cm³/mol. The van der Waals surface area contributed by atoms with Crippen LogP contribution in [0.15, 0.2) is 72.9 Å². The van der Waals surface area contributed by atoms with Gasteiger partial charge in [-0.25, -0.2) is 0 Å². The van der Waals surface area contributed by atoms with Gasteiger partial charge in [0, 0.05) is 23.0 Å². The molecule has 1 heterocycles. The summed E-state index contributed by atoms with van der Waals surface area (Å²) < 4.78 is 13.4. The number of fused-ring (bicyclic) bond motifs is 1. The number of rotatable bonds is 14. The van der Waals surface area contributed by atoms with E-state index in [0.29, 0.717) is 31.1 Å². The number of hydrogen-bond acceptors (Lipinski definition) is 4. The number of halogens is 1. The minimum Gasteiger partial charge on any atom is -0.490 e. The van der Waals surface area contributed by atoms with Crippen molar-refractivity contribution in [3.8, 4) is 11.5 Å². The quantitative estimate of drug-likeness (QED) is 0.116. The molecule has 0 aliphatic rings. The van der Waals surface area contributed by atoms with Crippen LogP contribution in [0.25, 0.3) is 23.1 Å². The number of aryl methyl sites for hydroxylation is 3. The lowest BCUT2D eigenvalue weighted by atomic mass is 10.0. The van der Waals surface area contributed by atoms with E-state index in [1.807, 2.05) is 98.9 Å². The van der Waals surface area contributed by atoms with Crippen molar-refractivity contribution < 1.29 is 29.3 Å². The van der Waals surface area contributed by atoms with Crippen LogP contribution in [-0.2, 0) is 22.6 Å². The maximum absolute atomic E-state index is 11.5. The van der Waals surface area contributed by atoms with Gasteiger partial charge in [0.25, 0.3) is 0 Å². The lowest BCUT2D eigenvalue weighted by Gasteiger charge is -2.11. The van der Waals surface area contributed by atoms with Crippen LogP contribution in [0.3, 0.4) is 0 Å². The van der Waals surface area contributed by atoms with E-state index in [1.165, 1.54) is 0 Å². The molecule has 4 aromatic rings. The van der Waals surface area contributed by atoms with Crippen LogP contribution in [0, 0.1) is 13.8 Å². The van der Waals surface area contributed by atoms with E-state index in [2.05, 4.69) is 0 Å². The third-order valence-electron chi connectivity index (χ3n) is 6.75. The van der Waals surface area contributed by atoms with Gasteiger partial charge in [-0.05, 0) is 90.9 Å². The number of hydrogen-bond donors (Lipinski definition) is 2. The topological polar surface area (TPSA) is 98.0 Å². The molecular weight excluding hydrogens is 554 g/mol. The van der Waals surface area contributed by atoms with Crippen molar-refractivity contribution in [2.75, 3.05) is 13.2 Å². The second-order valence-electron chi connectivity index (χ2n) is 10.0. The van der Waals surface area contributed by atoms with E-state index in [0.717, 1.165) is 50.2 Å². The summed E-state index contributed by atoms with van der Waals surface area (Å²) >= 11 is 6.08. The highest BCUT2D eigenvalue weighted by atomic mass is 35.5. The summed E-state index contributed by atoms with van der Waals surface area (Å²) in [6, 6.07) is 17.3. The van der Waals surface area contributed by atoms with Crippen molar-refractivity contribution in [3.05, 3.63) is 106 Å². The molecule has 8 heteroatoms. The Bertz CT molecular complexity index is 1590. The lowest BCUT2D eigenvalue weighted by molar-refractivity contribution is -0.138. The minimum atomic E-state index is -0.938. The Morgan fingerprint density at radius 2 is 1.60 bits per heavy atom. The van der Waals surface area contributed by atoms with Gasteiger partial charge in [0.15, 0.2) is 0 Å². The summed E-state index contributed by atoms with van der Waals surface area (Å²) in [5.41, 5.74) is 5.62. The zero-order valence-corrected chi connectivity index (χ0v) is 24.4. The fourth-order valence-corrected chi connectivity index (χ4v) is 5.22. The van der Waals surface area contributed by atoms with E-state index in [1.54, 1.807) is 4.57 Å². The van der Waals surface area contributed by atoms with Crippen LogP contribution in [0.1, 0.15) is 40.7 Å². The van der Waals surface area contributed by atoms with Crippen molar-refractivity contribution in [2.45, 2.75) is 39.7 Å². The third-order valence-corrected chi connectivity index (χ3v) is 6.97. The molecule has 0 bridgehead atoms. The normalized spacial score (nSPS) is 11.5. The third kappa shape index (κ3) is 8.27. The summed E-state index contributed by atoms with van der Waals surface area (Å²) in [5.74, 6) is -0.195. The van der Waals surface area contributed by atoms with Gasteiger partial charge in [0.1, 0.15) is 31.3 Å². The van der Waals surface area contributed by atoms with Gasteiger partial charge in [0.05, 0.1) is 5.52 Å². The molecule has 42 heavy (non-hydrogen) atoms. The molecule has 218 valence electrons. The fourth-order valence-electron chi connectivity index (χ4n) is 4.90. The number of carbonyl (C=O) groups is 2. The summed E-state index contributed by atoms with van der Waals surface area (Å²) in [7, 11) is 0. The number of ether oxygens (including phenoxy) is 2. The van der Waals surface area contributed by atoms with E-state index in [9.17, 15) is 14.7 Å². The molecule has 1 aromatic heterocycles. The van der Waals surface area contributed by atoms with Gasteiger partial charge < -0.3 is 24.3 Å². The first-order valence-electron chi connectivity index (χ1n) is 13.7. The SMILES string of the molecule is Cc1cc(Cl)cc(C)c1OC/C=C/COc1ccc(C=Cc2cccc3c(CCCC(=O)O)cn(CC(=O)O)c23)cc1. The lowest BCUT2D eigenvalue weighted by Crippen LogP contribution is -2.07. The van der Waals surface area contributed by atoms with Gasteiger partial charge in [0.2, 0.25) is 0 Å². The smallest absolute Gasteiger partial charge is 0.323 e. The maximum Gasteiger partial charge on any atom is 0.323 e. The van der Waals surface area contributed by atoms with Crippen LogP contribution in [0.2, 0.25) is 5.02 Å². The number of aliphatic carboxylic acids is 2. The van der Waals surface area contributed by atoms with Gasteiger partial charge in [-0.1, -0.05) is 54.1 Å². The van der Waals surface area contributed by atoms with Gasteiger partial charge in [-0.3, -0.25) is 9.59 Å². The first-order valence-corrected chi connectivity index (χ1v) is 14.1. The van der Waals surface area contributed by atoms with Gasteiger partial charge in [-0.15, -0.1) is 0 Å². The number of benzene rings is 3. The van der Waals surface area contributed by atoms with Crippen molar-refractivity contribution in [1.29, 1.82) is 0 Å². The molecule has 7 nitrogen and oxygen atoms in total. The molecule has 3 aromatic carbocycles. The number of para-hydroxylation sites is 1. The molecule has 0 unspecified atom stereocenters. The standard InChI is InChI=1S/C34H34ClNO6/c1-23-19-28(35)20-24(2)34(23)42-18-4-3-17-41-29-15-12-25(13-16-29)11-14-26-7-5-9-30-27(8-6-10-31(37)38)21-36(33(26)30)22-32(39)40/h3-5,7,9,11-16,19-21H,6,8,10,17-18,22H2,1-2H3,(H,37,38)(H,39,40)/b4-3+,14-11?. The Kier molecular flexibility index (Phi) is 10.5. The number of carboxylic acid groups (broad SMARTS) is 2. The Morgan fingerprint density at radius 3 is 2.26 bits per heavy atom. The van der Waals surface area contributed by atoms with Crippen molar-refractivity contribution in [3.63, 3.8) is 0 Å². The molecular formula is C34H34ClNO6. The van der Waals surface area contributed by atoms with E-state index in [-0.39, 0.29) is 13.0 Å². The largest absolute Gasteiger partial charge is 0.490 e. The monoisotopic (exact) mass is 587 g/mol. The van der Waals surface area contributed by atoms with E-state index in [4.69, 9.17) is 26.2 Å². The molecule has 0 aliphatic carbocycles. The van der Waals surface area contributed by atoms with Crippen molar-refractivity contribution >= 4 is 46.6 Å². The fraction of sp³-hybridized carbons (Fsp3) is 0.235. The van der Waals surface area contributed by atoms with Crippen LogP contribution >= 0.6 is 11.6 Å². The molecule has 0 radical (unpaired) electrons. The highest BCUT2D eigenvalue weighted by Gasteiger charge is 2.13. The Hall–Kier alpha value is -4.49. The first-order chi connectivity index (χ1) is 20.2. The molecule has 0 fully saturated rings. The number of nitrogens with zero attached hydrogens (tertiary/aromatic N) is 1. The van der Waals surface area contributed by atoms with E-state index >= 15 is 0 Å². The van der Waals surface area contributed by atoms with Crippen LogP contribution in [-0.4, -0.2) is 39.9 Å². The van der Waals surface area contributed by atoms with Gasteiger partial charge in [-0.2, -0.15) is 0 Å². The van der Waals surface area contributed by atoms with Gasteiger partial charge >= 0.3 is 11.9 Å². The van der Waals surface area contributed by atoms with E-state index < -0.39 is 11.9 Å². The van der Waals surface area contributed by atoms with Crippen molar-refractivity contribution in [1.82, 2.24) is 4.57 Å². The molecule has 0 saturated carbocycles. The molecule has 0 spiro atoms. The molecule has 4 rings (SSSR count). The molecule has 2 N–H and O–H groups in total. The zero-order valence-electron chi connectivity index (χ0n) is 23.7.